The van der Waals surface area contributed by atoms with E-state index in [4.69, 9.17) is 0 Å². The van der Waals surface area contributed by atoms with Gasteiger partial charge in [-0.1, -0.05) is 0 Å². The number of nitrogens with zero attached hydrogens (tertiary/aromatic N) is 1. The number of carbonyl (C=O) groups is 3. The van der Waals surface area contributed by atoms with E-state index in [-0.39, 0.29) is 16.7 Å². The van der Waals surface area contributed by atoms with Crippen molar-refractivity contribution >= 4 is 34.9 Å². The summed E-state index contributed by atoms with van der Waals surface area (Å²) < 4.78 is 0. The predicted octanol–water partition coefficient (Wildman–Crippen LogP) is 2.58. The molecule has 0 unspecified atom stereocenters. The number of rotatable bonds is 3. The molecule has 1 aromatic carbocycles. The molecule has 0 bridgehead atoms. The number of imide groups is 1. The lowest BCUT2D eigenvalue weighted by Crippen LogP contribution is -2.19. The SMILES string of the molecule is Cc1ccc(-c2cc(NC(=O)c3ccc4c(c3)C(=O)NC4=O)n[nH]2)s1. The number of fused-ring (bicyclic) bond motifs is 1. The van der Waals surface area contributed by atoms with Gasteiger partial charge in [-0.05, 0) is 37.3 Å². The quantitative estimate of drug-likeness (QED) is 0.630. The Morgan fingerprint density at radius 3 is 2.64 bits per heavy atom. The molecule has 3 amide bonds. The smallest absolute Gasteiger partial charge is 0.258 e. The molecule has 25 heavy (non-hydrogen) atoms. The Hall–Kier alpha value is -3.26. The van der Waals surface area contributed by atoms with E-state index < -0.39 is 17.7 Å². The summed E-state index contributed by atoms with van der Waals surface area (Å²) >= 11 is 1.62. The number of carbonyl (C=O) groups excluding carboxylic acids is 3. The Labute approximate surface area is 146 Å². The largest absolute Gasteiger partial charge is 0.305 e. The Morgan fingerprint density at radius 2 is 1.88 bits per heavy atom. The maximum absolute atomic E-state index is 12.4. The summed E-state index contributed by atoms with van der Waals surface area (Å²) in [6.07, 6.45) is 0. The van der Waals surface area contributed by atoms with Crippen LogP contribution in [0.5, 0.6) is 0 Å². The van der Waals surface area contributed by atoms with Gasteiger partial charge in [0.15, 0.2) is 5.82 Å². The van der Waals surface area contributed by atoms with Crippen LogP contribution < -0.4 is 10.6 Å². The van der Waals surface area contributed by atoms with E-state index in [1.165, 1.54) is 23.1 Å². The molecule has 0 saturated heterocycles. The monoisotopic (exact) mass is 352 g/mol. The molecule has 0 radical (unpaired) electrons. The van der Waals surface area contributed by atoms with Crippen LogP contribution in [0.25, 0.3) is 10.6 Å². The minimum Gasteiger partial charge on any atom is -0.305 e. The number of amides is 3. The summed E-state index contributed by atoms with van der Waals surface area (Å²) in [5.41, 5.74) is 1.57. The lowest BCUT2D eigenvalue weighted by molar-refractivity contribution is 0.0879. The second-order valence-corrected chi connectivity index (χ2v) is 6.86. The van der Waals surface area contributed by atoms with Crippen LogP contribution in [0.3, 0.4) is 0 Å². The molecule has 124 valence electrons. The molecule has 0 spiro atoms. The van der Waals surface area contributed by atoms with E-state index in [1.54, 1.807) is 17.4 Å². The number of aryl methyl sites for hydroxylation is 1. The highest BCUT2D eigenvalue weighted by molar-refractivity contribution is 7.15. The van der Waals surface area contributed by atoms with E-state index in [0.717, 1.165) is 10.6 Å². The second-order valence-electron chi connectivity index (χ2n) is 5.57. The van der Waals surface area contributed by atoms with E-state index >= 15 is 0 Å². The van der Waals surface area contributed by atoms with Crippen molar-refractivity contribution in [1.29, 1.82) is 0 Å². The van der Waals surface area contributed by atoms with Gasteiger partial charge in [0.2, 0.25) is 0 Å². The van der Waals surface area contributed by atoms with Crippen LogP contribution in [-0.4, -0.2) is 27.9 Å². The fourth-order valence-electron chi connectivity index (χ4n) is 2.59. The van der Waals surface area contributed by atoms with Crippen LogP contribution in [-0.2, 0) is 0 Å². The molecule has 0 fully saturated rings. The fourth-order valence-corrected chi connectivity index (χ4v) is 3.42. The highest BCUT2D eigenvalue weighted by Gasteiger charge is 2.27. The van der Waals surface area contributed by atoms with Crippen molar-refractivity contribution in [2.24, 2.45) is 0 Å². The Morgan fingerprint density at radius 1 is 1.08 bits per heavy atom. The standard InChI is InChI=1S/C17H12N4O3S/c1-8-2-5-13(25-8)12-7-14(21-20-12)18-15(22)9-3-4-10-11(6-9)17(24)19-16(10)23/h2-7H,1H3,(H,19,23,24)(H2,18,20,21,22). The van der Waals surface area contributed by atoms with Crippen LogP contribution in [0, 0.1) is 6.92 Å². The van der Waals surface area contributed by atoms with Gasteiger partial charge in [0.25, 0.3) is 17.7 Å². The summed E-state index contributed by atoms with van der Waals surface area (Å²) in [5.74, 6) is -0.970. The third-order valence-electron chi connectivity index (χ3n) is 3.82. The number of hydrogen-bond donors (Lipinski definition) is 3. The molecule has 3 aromatic rings. The topological polar surface area (TPSA) is 104 Å². The third-order valence-corrected chi connectivity index (χ3v) is 4.86. The number of H-pyrrole nitrogens is 1. The average molecular weight is 352 g/mol. The van der Waals surface area contributed by atoms with Crippen LogP contribution in [0.1, 0.15) is 36.0 Å². The maximum Gasteiger partial charge on any atom is 0.258 e. The molecule has 8 heteroatoms. The molecule has 4 rings (SSSR count). The van der Waals surface area contributed by atoms with Crippen molar-refractivity contribution < 1.29 is 14.4 Å². The van der Waals surface area contributed by atoms with Crippen LogP contribution in [0.15, 0.2) is 36.4 Å². The van der Waals surface area contributed by atoms with E-state index in [9.17, 15) is 14.4 Å². The molecular formula is C17H12N4O3S. The van der Waals surface area contributed by atoms with Crippen LogP contribution in [0.4, 0.5) is 5.82 Å². The van der Waals surface area contributed by atoms with Gasteiger partial charge in [-0.3, -0.25) is 24.8 Å². The number of aromatic amines is 1. The van der Waals surface area contributed by atoms with Gasteiger partial charge in [-0.2, -0.15) is 5.10 Å². The number of thiophene rings is 1. The highest BCUT2D eigenvalue weighted by atomic mass is 32.1. The molecule has 0 saturated carbocycles. The minimum absolute atomic E-state index is 0.203. The molecule has 3 heterocycles. The normalized spacial score (nSPS) is 12.8. The van der Waals surface area contributed by atoms with E-state index in [0.29, 0.717) is 5.82 Å². The van der Waals surface area contributed by atoms with Gasteiger partial charge in [-0.25, -0.2) is 0 Å². The van der Waals surface area contributed by atoms with Crippen molar-refractivity contribution in [2.45, 2.75) is 6.92 Å². The zero-order valence-electron chi connectivity index (χ0n) is 13.0. The zero-order valence-corrected chi connectivity index (χ0v) is 13.9. The molecular weight excluding hydrogens is 340 g/mol. The second kappa shape index (κ2) is 5.67. The first kappa shape index (κ1) is 15.3. The summed E-state index contributed by atoms with van der Waals surface area (Å²) in [4.78, 5) is 37.8. The molecule has 1 aliphatic rings. The summed E-state index contributed by atoms with van der Waals surface area (Å²) in [6, 6.07) is 10.1. The van der Waals surface area contributed by atoms with Gasteiger partial charge in [0.1, 0.15) is 0 Å². The minimum atomic E-state index is -0.496. The average Bonchev–Trinajstić information content (AvgIpc) is 3.28. The van der Waals surface area contributed by atoms with Gasteiger partial charge in [0.05, 0.1) is 21.7 Å². The Bertz CT molecular complexity index is 1030. The van der Waals surface area contributed by atoms with Crippen molar-refractivity contribution in [3.05, 3.63) is 58.0 Å². The highest BCUT2D eigenvalue weighted by Crippen LogP contribution is 2.27. The predicted molar refractivity (Wildman–Crippen MR) is 92.8 cm³/mol. The van der Waals surface area contributed by atoms with E-state index in [1.807, 2.05) is 19.1 Å². The van der Waals surface area contributed by atoms with Gasteiger partial charge < -0.3 is 5.32 Å². The van der Waals surface area contributed by atoms with Crippen molar-refractivity contribution in [3.8, 4) is 10.6 Å². The first-order chi connectivity index (χ1) is 12.0. The molecule has 7 nitrogen and oxygen atoms in total. The first-order valence-corrected chi connectivity index (χ1v) is 8.26. The molecule has 0 aliphatic carbocycles. The Kier molecular flexibility index (Phi) is 3.47. The number of hydrogen-bond acceptors (Lipinski definition) is 5. The molecule has 0 atom stereocenters. The first-order valence-electron chi connectivity index (χ1n) is 7.44. The van der Waals surface area contributed by atoms with Crippen molar-refractivity contribution in [1.82, 2.24) is 15.5 Å². The number of anilines is 1. The van der Waals surface area contributed by atoms with Crippen molar-refractivity contribution in [3.63, 3.8) is 0 Å². The van der Waals surface area contributed by atoms with Gasteiger partial charge >= 0.3 is 0 Å². The molecule has 3 N–H and O–H groups in total. The lowest BCUT2D eigenvalue weighted by Gasteiger charge is -2.03. The number of aromatic nitrogens is 2. The summed E-state index contributed by atoms with van der Waals surface area (Å²) in [5, 5.41) is 11.8. The number of benzene rings is 1. The van der Waals surface area contributed by atoms with E-state index in [2.05, 4.69) is 20.8 Å². The van der Waals surface area contributed by atoms with Crippen LogP contribution >= 0.6 is 11.3 Å². The van der Waals surface area contributed by atoms with Gasteiger partial charge in [0, 0.05) is 16.5 Å². The zero-order chi connectivity index (χ0) is 17.6. The lowest BCUT2D eigenvalue weighted by atomic mass is 10.1. The summed E-state index contributed by atoms with van der Waals surface area (Å²) in [6.45, 7) is 2.02. The fraction of sp³-hybridized carbons (Fsp3) is 0.0588. The third kappa shape index (κ3) is 2.72. The molecule has 1 aliphatic heterocycles. The number of nitrogens with one attached hydrogen (secondary N) is 3. The van der Waals surface area contributed by atoms with Crippen molar-refractivity contribution in [2.75, 3.05) is 5.32 Å². The molecule has 2 aromatic heterocycles. The van der Waals surface area contributed by atoms with Gasteiger partial charge in [-0.15, -0.1) is 11.3 Å². The summed E-state index contributed by atoms with van der Waals surface area (Å²) in [7, 11) is 0. The Balaban J connectivity index is 1.55. The maximum atomic E-state index is 12.4. The van der Waals surface area contributed by atoms with Crippen LogP contribution in [0.2, 0.25) is 0 Å².